The van der Waals surface area contributed by atoms with E-state index in [0.29, 0.717) is 18.9 Å². The second kappa shape index (κ2) is 4.61. The first-order valence-electron chi connectivity index (χ1n) is 6.24. The summed E-state index contributed by atoms with van der Waals surface area (Å²) in [7, 11) is 0. The fourth-order valence-electron chi connectivity index (χ4n) is 2.07. The van der Waals surface area contributed by atoms with Crippen LogP contribution in [0.4, 0.5) is 0 Å². The van der Waals surface area contributed by atoms with Crippen LogP contribution in [-0.2, 0) is 9.53 Å². The number of carbonyl (C=O) groups excluding carboxylic acids is 1. The number of allylic oxidation sites excluding steroid dienone is 4. The molecule has 0 aromatic heterocycles. The first kappa shape index (κ1) is 12.3. The van der Waals surface area contributed by atoms with Crippen molar-refractivity contribution in [3.8, 4) is 0 Å². The molecular formula is C15H20O2. The highest BCUT2D eigenvalue weighted by molar-refractivity contribution is 5.92. The molecule has 0 aromatic rings. The second-order valence-corrected chi connectivity index (χ2v) is 5.34. The lowest BCUT2D eigenvalue weighted by Crippen LogP contribution is -2.26. The van der Waals surface area contributed by atoms with Gasteiger partial charge >= 0.3 is 0 Å². The van der Waals surface area contributed by atoms with Crippen molar-refractivity contribution in [2.75, 3.05) is 6.61 Å². The van der Waals surface area contributed by atoms with Crippen LogP contribution in [0.2, 0.25) is 0 Å². The van der Waals surface area contributed by atoms with E-state index in [9.17, 15) is 4.79 Å². The first-order valence-corrected chi connectivity index (χ1v) is 6.24. The Morgan fingerprint density at radius 3 is 2.82 bits per heavy atom. The van der Waals surface area contributed by atoms with Crippen LogP contribution < -0.4 is 0 Å². The maximum atomic E-state index is 12.2. The van der Waals surface area contributed by atoms with Gasteiger partial charge in [0.05, 0.1) is 6.61 Å². The predicted octanol–water partition coefficient (Wildman–Crippen LogP) is 3.06. The Morgan fingerprint density at radius 2 is 2.24 bits per heavy atom. The van der Waals surface area contributed by atoms with Gasteiger partial charge in [-0.1, -0.05) is 44.2 Å². The van der Waals surface area contributed by atoms with E-state index < -0.39 is 5.60 Å². The number of epoxide rings is 1. The zero-order chi connectivity index (χ0) is 12.5. The highest BCUT2D eigenvalue weighted by Crippen LogP contribution is 2.34. The number of hydrogen-bond acceptors (Lipinski definition) is 2. The molecule has 2 heteroatoms. The molecule has 1 aliphatic heterocycles. The maximum absolute atomic E-state index is 12.2. The molecule has 2 nitrogen and oxygen atoms in total. The number of rotatable bonds is 1. The average molecular weight is 232 g/mol. The van der Waals surface area contributed by atoms with E-state index in [2.05, 4.69) is 26.5 Å². The summed E-state index contributed by atoms with van der Waals surface area (Å²) in [5.74, 6) is 0.957. The van der Waals surface area contributed by atoms with Gasteiger partial charge in [0, 0.05) is 6.42 Å². The number of ether oxygens (including phenoxy) is 1. The third-order valence-electron chi connectivity index (χ3n) is 3.55. The summed E-state index contributed by atoms with van der Waals surface area (Å²) >= 11 is 0. The summed E-state index contributed by atoms with van der Waals surface area (Å²) in [6.45, 7) is 8.84. The molecule has 1 fully saturated rings. The number of Topliss-reactive ketones (excluding diaryl/α,β-unsaturated/α-hetero) is 1. The van der Waals surface area contributed by atoms with E-state index in [-0.39, 0.29) is 11.7 Å². The van der Waals surface area contributed by atoms with Gasteiger partial charge < -0.3 is 4.74 Å². The predicted molar refractivity (Wildman–Crippen MR) is 68.7 cm³/mol. The van der Waals surface area contributed by atoms with Crippen LogP contribution in [0.25, 0.3) is 0 Å². The molecule has 0 radical (unpaired) electrons. The fraction of sp³-hybridized carbons (Fsp3) is 0.533. The van der Waals surface area contributed by atoms with E-state index >= 15 is 0 Å². The lowest BCUT2D eigenvalue weighted by molar-refractivity contribution is -0.123. The summed E-state index contributed by atoms with van der Waals surface area (Å²) in [5.41, 5.74) is 0.482. The molecular weight excluding hydrogens is 212 g/mol. The lowest BCUT2D eigenvalue weighted by atomic mass is 9.85. The van der Waals surface area contributed by atoms with Gasteiger partial charge in [0.1, 0.15) is 0 Å². The van der Waals surface area contributed by atoms with Crippen molar-refractivity contribution in [3.63, 3.8) is 0 Å². The van der Waals surface area contributed by atoms with Gasteiger partial charge in [-0.05, 0) is 24.3 Å². The van der Waals surface area contributed by atoms with Gasteiger partial charge in [0.25, 0.3) is 0 Å². The molecule has 1 heterocycles. The Kier molecular flexibility index (Phi) is 3.34. The van der Waals surface area contributed by atoms with Crippen molar-refractivity contribution in [1.82, 2.24) is 0 Å². The summed E-state index contributed by atoms with van der Waals surface area (Å²) in [4.78, 5) is 12.2. The van der Waals surface area contributed by atoms with Crippen LogP contribution in [0.3, 0.4) is 0 Å². The Balaban J connectivity index is 2.21. The summed E-state index contributed by atoms with van der Waals surface area (Å²) in [6, 6.07) is 0. The molecule has 0 amide bonds. The topological polar surface area (TPSA) is 29.6 Å². The van der Waals surface area contributed by atoms with Crippen LogP contribution in [0.1, 0.15) is 26.7 Å². The molecule has 0 bridgehead atoms. The quantitative estimate of drug-likeness (QED) is 0.513. The number of hydrogen-bond donors (Lipinski definition) is 0. The van der Waals surface area contributed by atoms with Crippen molar-refractivity contribution in [3.05, 3.63) is 36.5 Å². The zero-order valence-corrected chi connectivity index (χ0v) is 10.6. The van der Waals surface area contributed by atoms with Gasteiger partial charge in [0.15, 0.2) is 11.4 Å². The van der Waals surface area contributed by atoms with Crippen LogP contribution in [-0.4, -0.2) is 18.0 Å². The highest BCUT2D eigenvalue weighted by atomic mass is 16.6. The van der Waals surface area contributed by atoms with Gasteiger partial charge in [-0.25, -0.2) is 0 Å². The maximum Gasteiger partial charge on any atom is 0.171 e. The number of ketones is 1. The van der Waals surface area contributed by atoms with Crippen molar-refractivity contribution < 1.29 is 9.53 Å². The molecule has 0 N–H and O–H groups in total. The third-order valence-corrected chi connectivity index (χ3v) is 3.55. The molecule has 17 heavy (non-hydrogen) atoms. The van der Waals surface area contributed by atoms with Crippen molar-refractivity contribution in [2.45, 2.75) is 32.3 Å². The molecule has 2 atom stereocenters. The molecule has 0 aromatic carbocycles. The standard InChI is InChI=1S/C15H20O2/c1-11(2)13-7-6-12(3)5-4-8-15(10-17-15)14(16)9-13/h4,6-8,11,13H,3,5,9-10H2,1-2H3/b7-6+,8-4+/t13?,15-/m0/s1. The van der Waals surface area contributed by atoms with Gasteiger partial charge in [-0.15, -0.1) is 0 Å². The fourth-order valence-corrected chi connectivity index (χ4v) is 2.07. The first-order chi connectivity index (χ1) is 8.03. The summed E-state index contributed by atoms with van der Waals surface area (Å²) in [6.07, 6.45) is 9.43. The van der Waals surface area contributed by atoms with E-state index in [1.165, 1.54) is 0 Å². The Morgan fingerprint density at radius 1 is 1.53 bits per heavy atom. The van der Waals surface area contributed by atoms with E-state index in [0.717, 1.165) is 12.0 Å². The monoisotopic (exact) mass is 232 g/mol. The molecule has 1 aliphatic carbocycles. The minimum absolute atomic E-state index is 0.213. The molecule has 1 saturated heterocycles. The van der Waals surface area contributed by atoms with Crippen LogP contribution >= 0.6 is 0 Å². The molecule has 1 unspecified atom stereocenters. The Labute approximate surface area is 103 Å². The highest BCUT2D eigenvalue weighted by Gasteiger charge is 2.49. The van der Waals surface area contributed by atoms with Crippen LogP contribution in [0.5, 0.6) is 0 Å². The van der Waals surface area contributed by atoms with E-state index in [4.69, 9.17) is 4.74 Å². The third kappa shape index (κ3) is 2.75. The minimum atomic E-state index is -0.599. The smallest absolute Gasteiger partial charge is 0.171 e. The SMILES string of the molecule is C=C1/C=C/C(C(C)C)CC(=O)[C@]2(/C=C/C1)CO2. The molecule has 1 spiro atoms. The number of carbonyl (C=O) groups is 1. The molecule has 0 saturated carbocycles. The van der Waals surface area contributed by atoms with Crippen LogP contribution in [0, 0.1) is 11.8 Å². The molecule has 2 rings (SSSR count). The largest absolute Gasteiger partial charge is 0.357 e. The second-order valence-electron chi connectivity index (χ2n) is 5.34. The van der Waals surface area contributed by atoms with Crippen LogP contribution in [0.15, 0.2) is 36.5 Å². The Hall–Kier alpha value is -1.15. The van der Waals surface area contributed by atoms with Crippen molar-refractivity contribution in [1.29, 1.82) is 0 Å². The normalized spacial score (nSPS) is 37.2. The molecule has 92 valence electrons. The van der Waals surface area contributed by atoms with E-state index in [1.807, 2.05) is 18.2 Å². The Bertz CT molecular complexity index is 384. The summed E-state index contributed by atoms with van der Waals surface area (Å²) in [5, 5.41) is 0. The lowest BCUT2D eigenvalue weighted by Gasteiger charge is -2.18. The van der Waals surface area contributed by atoms with Gasteiger partial charge in [-0.3, -0.25) is 4.79 Å². The minimum Gasteiger partial charge on any atom is -0.357 e. The van der Waals surface area contributed by atoms with E-state index in [1.54, 1.807) is 0 Å². The van der Waals surface area contributed by atoms with Crippen molar-refractivity contribution in [2.24, 2.45) is 11.8 Å². The summed E-state index contributed by atoms with van der Waals surface area (Å²) < 4.78 is 5.35. The van der Waals surface area contributed by atoms with Crippen molar-refractivity contribution >= 4 is 5.78 Å². The van der Waals surface area contributed by atoms with Gasteiger partial charge in [0.2, 0.25) is 0 Å². The zero-order valence-electron chi connectivity index (χ0n) is 10.6. The molecule has 2 aliphatic rings. The average Bonchev–Trinajstić information content (AvgIpc) is 3.03. The van der Waals surface area contributed by atoms with Gasteiger partial charge in [-0.2, -0.15) is 0 Å².